The number of amides is 1. The molecule has 1 unspecified atom stereocenters. The number of methoxy groups -OCH3 is 1. The lowest BCUT2D eigenvalue weighted by Gasteiger charge is -2.36. The Kier molecular flexibility index (Phi) is 5.15. The van der Waals surface area contributed by atoms with Crippen molar-refractivity contribution in [2.45, 2.75) is 25.9 Å². The van der Waals surface area contributed by atoms with Crippen LogP contribution in [0.3, 0.4) is 0 Å². The highest BCUT2D eigenvalue weighted by Crippen LogP contribution is 2.30. The smallest absolute Gasteiger partial charge is 0.274 e. The first-order valence-corrected chi connectivity index (χ1v) is 8.42. The number of piperazine rings is 1. The fourth-order valence-corrected chi connectivity index (χ4v) is 3.14. The van der Waals surface area contributed by atoms with E-state index in [0.717, 1.165) is 30.8 Å². The number of carbonyl (C=O) groups excluding carboxylic acids is 1. The Hall–Kier alpha value is -2.34. The first kappa shape index (κ1) is 16.5. The first-order valence-electron chi connectivity index (χ1n) is 8.42. The normalized spacial score (nSPS) is 17.8. The molecule has 1 fully saturated rings. The average molecular weight is 328 g/mol. The van der Waals surface area contributed by atoms with E-state index in [-0.39, 0.29) is 11.9 Å². The molecule has 1 N–H and O–H groups in total. The topological polar surface area (TPSA) is 59.4 Å². The lowest BCUT2D eigenvalue weighted by molar-refractivity contribution is 0.0624. The van der Waals surface area contributed by atoms with Crippen molar-refractivity contribution < 1.29 is 9.53 Å². The van der Waals surface area contributed by atoms with Crippen molar-refractivity contribution in [1.82, 2.24) is 20.0 Å². The number of carbonyl (C=O) groups is 1. The lowest BCUT2D eigenvalue weighted by Crippen LogP contribution is -2.48. The van der Waals surface area contributed by atoms with E-state index >= 15 is 0 Å². The summed E-state index contributed by atoms with van der Waals surface area (Å²) in [5.41, 5.74) is 1.53. The monoisotopic (exact) mass is 328 g/mol. The third-order valence-electron chi connectivity index (χ3n) is 4.31. The van der Waals surface area contributed by atoms with Crippen LogP contribution >= 0.6 is 0 Å². The van der Waals surface area contributed by atoms with E-state index in [1.54, 1.807) is 13.2 Å². The molecule has 1 amide bonds. The van der Waals surface area contributed by atoms with Crippen molar-refractivity contribution in [3.63, 3.8) is 0 Å². The Labute approximate surface area is 142 Å². The molecular formula is C18H24N4O2. The highest BCUT2D eigenvalue weighted by Gasteiger charge is 2.31. The summed E-state index contributed by atoms with van der Waals surface area (Å²) in [4.78, 5) is 14.9. The molecule has 3 rings (SSSR count). The summed E-state index contributed by atoms with van der Waals surface area (Å²) in [7, 11) is 1.66. The van der Waals surface area contributed by atoms with Gasteiger partial charge in [0.25, 0.3) is 5.91 Å². The number of aromatic nitrogens is 2. The number of benzene rings is 1. The van der Waals surface area contributed by atoms with Gasteiger partial charge in [-0.25, -0.2) is 0 Å². The molecule has 0 saturated carbocycles. The number of aryl methyl sites for hydroxylation is 1. The maximum Gasteiger partial charge on any atom is 0.274 e. The standard InChI is InChI=1S/C18H24N4O2/c1-3-10-21-11-8-15(20-21)18(23)22-12-9-19-13-16(22)14-6-4-5-7-17(14)24-2/h4-8,11,16,19H,3,9-10,12-13H2,1-2H3. The van der Waals surface area contributed by atoms with Crippen molar-refractivity contribution in [2.75, 3.05) is 26.7 Å². The molecule has 1 saturated heterocycles. The van der Waals surface area contributed by atoms with Crippen molar-refractivity contribution in [2.24, 2.45) is 0 Å². The largest absolute Gasteiger partial charge is 0.496 e. The summed E-state index contributed by atoms with van der Waals surface area (Å²) in [6.45, 7) is 5.07. The molecule has 2 aromatic rings. The Balaban J connectivity index is 1.87. The third-order valence-corrected chi connectivity index (χ3v) is 4.31. The predicted molar refractivity (Wildman–Crippen MR) is 92.2 cm³/mol. The summed E-state index contributed by atoms with van der Waals surface area (Å²) in [5, 5.41) is 7.79. The number of hydrogen-bond donors (Lipinski definition) is 1. The fraction of sp³-hybridized carbons (Fsp3) is 0.444. The van der Waals surface area contributed by atoms with Gasteiger partial charge in [-0.3, -0.25) is 9.48 Å². The first-order chi connectivity index (χ1) is 11.7. The van der Waals surface area contributed by atoms with Crippen LogP contribution in [0.5, 0.6) is 5.75 Å². The quantitative estimate of drug-likeness (QED) is 0.913. The Morgan fingerprint density at radius 1 is 1.38 bits per heavy atom. The van der Waals surface area contributed by atoms with Crippen molar-refractivity contribution >= 4 is 5.91 Å². The van der Waals surface area contributed by atoms with E-state index in [9.17, 15) is 4.79 Å². The van der Waals surface area contributed by atoms with Crippen molar-refractivity contribution in [3.05, 3.63) is 47.8 Å². The number of nitrogens with zero attached hydrogens (tertiary/aromatic N) is 3. The Morgan fingerprint density at radius 3 is 3.00 bits per heavy atom. The van der Waals surface area contributed by atoms with Crippen molar-refractivity contribution in [1.29, 1.82) is 0 Å². The molecule has 6 nitrogen and oxygen atoms in total. The van der Waals surface area contributed by atoms with Crippen LogP contribution in [-0.4, -0.2) is 47.3 Å². The molecule has 0 spiro atoms. The molecule has 128 valence electrons. The minimum absolute atomic E-state index is 0.0257. The molecule has 1 aromatic heterocycles. The average Bonchev–Trinajstić information content (AvgIpc) is 3.10. The van der Waals surface area contributed by atoms with Crippen LogP contribution in [0.4, 0.5) is 0 Å². The van der Waals surface area contributed by atoms with Gasteiger partial charge in [0.05, 0.1) is 13.2 Å². The van der Waals surface area contributed by atoms with Crippen molar-refractivity contribution in [3.8, 4) is 5.75 Å². The summed E-state index contributed by atoms with van der Waals surface area (Å²) in [6, 6.07) is 9.62. The van der Waals surface area contributed by atoms with Crippen LogP contribution in [0.1, 0.15) is 35.4 Å². The van der Waals surface area contributed by atoms with Crippen LogP contribution in [0, 0.1) is 0 Å². The van der Waals surface area contributed by atoms with Crippen LogP contribution < -0.4 is 10.1 Å². The van der Waals surface area contributed by atoms with Gasteiger partial charge in [-0.2, -0.15) is 5.10 Å². The number of rotatable bonds is 5. The van der Waals surface area contributed by atoms with Crippen LogP contribution in [0.25, 0.3) is 0 Å². The zero-order valence-electron chi connectivity index (χ0n) is 14.2. The van der Waals surface area contributed by atoms with E-state index < -0.39 is 0 Å². The van der Waals surface area contributed by atoms with Gasteiger partial charge in [-0.1, -0.05) is 25.1 Å². The minimum atomic E-state index is -0.0567. The van der Waals surface area contributed by atoms with Gasteiger partial charge >= 0.3 is 0 Å². The molecular weight excluding hydrogens is 304 g/mol. The summed E-state index contributed by atoms with van der Waals surface area (Å²) < 4.78 is 7.31. The second-order valence-corrected chi connectivity index (χ2v) is 5.92. The van der Waals surface area contributed by atoms with Gasteiger partial charge in [0, 0.05) is 37.9 Å². The Morgan fingerprint density at radius 2 is 2.21 bits per heavy atom. The maximum absolute atomic E-state index is 13.0. The molecule has 24 heavy (non-hydrogen) atoms. The molecule has 1 aliphatic rings. The second kappa shape index (κ2) is 7.49. The molecule has 1 aliphatic heterocycles. The van der Waals surface area contributed by atoms with Crippen LogP contribution in [0.15, 0.2) is 36.5 Å². The molecule has 2 heterocycles. The number of para-hydroxylation sites is 1. The van der Waals surface area contributed by atoms with Gasteiger partial charge in [0.15, 0.2) is 0 Å². The van der Waals surface area contributed by atoms with Gasteiger partial charge in [0.1, 0.15) is 11.4 Å². The number of nitrogens with one attached hydrogen (secondary N) is 1. The molecule has 0 aliphatic carbocycles. The van der Waals surface area contributed by atoms with E-state index in [2.05, 4.69) is 17.3 Å². The van der Waals surface area contributed by atoms with Crippen LogP contribution in [0.2, 0.25) is 0 Å². The van der Waals surface area contributed by atoms with Crippen LogP contribution in [-0.2, 0) is 6.54 Å². The highest BCUT2D eigenvalue weighted by atomic mass is 16.5. The number of ether oxygens (including phenoxy) is 1. The van der Waals surface area contributed by atoms with Gasteiger partial charge in [-0.15, -0.1) is 0 Å². The molecule has 1 aromatic carbocycles. The van der Waals surface area contributed by atoms with Gasteiger partial charge in [-0.05, 0) is 18.6 Å². The SMILES string of the molecule is CCCn1ccc(C(=O)N2CCNCC2c2ccccc2OC)n1. The van der Waals surface area contributed by atoms with Gasteiger partial charge in [0.2, 0.25) is 0 Å². The second-order valence-electron chi connectivity index (χ2n) is 5.92. The van der Waals surface area contributed by atoms with E-state index in [0.29, 0.717) is 18.8 Å². The van der Waals surface area contributed by atoms with Gasteiger partial charge < -0.3 is 15.0 Å². The Bertz CT molecular complexity index is 698. The molecule has 0 bridgehead atoms. The van der Waals surface area contributed by atoms with E-state index in [1.807, 2.05) is 40.0 Å². The molecule has 6 heteroatoms. The zero-order chi connectivity index (χ0) is 16.9. The summed E-state index contributed by atoms with van der Waals surface area (Å²) >= 11 is 0. The fourth-order valence-electron chi connectivity index (χ4n) is 3.14. The summed E-state index contributed by atoms with van der Waals surface area (Å²) in [6.07, 6.45) is 2.86. The predicted octanol–water partition coefficient (Wildman–Crippen LogP) is 2.09. The minimum Gasteiger partial charge on any atom is -0.496 e. The van der Waals surface area contributed by atoms with E-state index in [1.165, 1.54) is 0 Å². The number of hydrogen-bond acceptors (Lipinski definition) is 4. The lowest BCUT2D eigenvalue weighted by atomic mass is 10.0. The highest BCUT2D eigenvalue weighted by molar-refractivity contribution is 5.92. The molecule has 1 atom stereocenters. The maximum atomic E-state index is 13.0. The molecule has 0 radical (unpaired) electrons. The zero-order valence-corrected chi connectivity index (χ0v) is 14.2. The third kappa shape index (κ3) is 3.28. The summed E-state index contributed by atoms with van der Waals surface area (Å²) in [5.74, 6) is 0.780. The van der Waals surface area contributed by atoms with E-state index in [4.69, 9.17) is 4.74 Å².